The first kappa shape index (κ1) is 13.0. The zero-order valence-electron chi connectivity index (χ0n) is 10.2. The number of carboxylic acid groups (broad SMARTS) is 1. The van der Waals surface area contributed by atoms with E-state index in [0.717, 1.165) is 30.8 Å². The second kappa shape index (κ2) is 5.96. The molecule has 0 saturated carbocycles. The van der Waals surface area contributed by atoms with Crippen molar-refractivity contribution in [1.82, 2.24) is 4.90 Å². The molecule has 1 aliphatic heterocycles. The number of aryl methyl sites for hydroxylation is 1. The van der Waals surface area contributed by atoms with Crippen molar-refractivity contribution in [2.24, 2.45) is 0 Å². The van der Waals surface area contributed by atoms with Crippen LogP contribution in [-0.4, -0.2) is 33.6 Å². The van der Waals surface area contributed by atoms with E-state index in [0.29, 0.717) is 6.42 Å². The Labute approximate surface area is 112 Å². The molecule has 0 amide bonds. The topological polar surface area (TPSA) is 40.5 Å². The number of aliphatic carboxylic acids is 1. The first-order chi connectivity index (χ1) is 8.68. The van der Waals surface area contributed by atoms with Gasteiger partial charge in [0.1, 0.15) is 6.04 Å². The Kier molecular flexibility index (Phi) is 4.31. The van der Waals surface area contributed by atoms with Crippen LogP contribution >= 0.6 is 12.2 Å². The molecule has 0 aromatic heterocycles. The van der Waals surface area contributed by atoms with Crippen LogP contribution in [0.15, 0.2) is 30.3 Å². The Morgan fingerprint density at radius 1 is 1.39 bits per heavy atom. The predicted octanol–water partition coefficient (Wildman–Crippen LogP) is 2.50. The lowest BCUT2D eigenvalue weighted by Gasteiger charge is -2.24. The van der Waals surface area contributed by atoms with E-state index in [9.17, 15) is 4.79 Å². The molecule has 0 aliphatic carbocycles. The van der Waals surface area contributed by atoms with Gasteiger partial charge in [0.25, 0.3) is 0 Å². The predicted molar refractivity (Wildman–Crippen MR) is 74.7 cm³/mol. The Balaban J connectivity index is 1.90. The van der Waals surface area contributed by atoms with E-state index >= 15 is 0 Å². The van der Waals surface area contributed by atoms with Gasteiger partial charge in [-0.05, 0) is 24.8 Å². The molecule has 1 N–H and O–H groups in total. The molecule has 0 unspecified atom stereocenters. The van der Waals surface area contributed by atoms with Gasteiger partial charge in [-0.25, -0.2) is 4.79 Å². The number of carboxylic acids is 1. The van der Waals surface area contributed by atoms with Crippen LogP contribution < -0.4 is 0 Å². The van der Waals surface area contributed by atoms with Gasteiger partial charge in [-0.15, -0.1) is 0 Å². The average molecular weight is 263 g/mol. The van der Waals surface area contributed by atoms with Crippen LogP contribution in [0.3, 0.4) is 0 Å². The third kappa shape index (κ3) is 3.07. The van der Waals surface area contributed by atoms with Crippen LogP contribution in [-0.2, 0) is 11.2 Å². The summed E-state index contributed by atoms with van der Waals surface area (Å²) in [4.78, 5) is 13.7. The number of thiocarbonyl (C=S) groups is 1. The number of carbonyl (C=O) groups is 1. The molecule has 1 aromatic carbocycles. The molecule has 0 bridgehead atoms. The molecular weight excluding hydrogens is 246 g/mol. The number of likely N-dealkylation sites (tertiary alicyclic amines) is 1. The summed E-state index contributed by atoms with van der Waals surface area (Å²) in [5.41, 5.74) is 1.24. The van der Waals surface area contributed by atoms with Gasteiger partial charge in [0, 0.05) is 13.0 Å². The summed E-state index contributed by atoms with van der Waals surface area (Å²) < 4.78 is 0. The zero-order chi connectivity index (χ0) is 13.0. The molecule has 0 radical (unpaired) electrons. The van der Waals surface area contributed by atoms with Crippen LogP contribution in [0.25, 0.3) is 0 Å². The van der Waals surface area contributed by atoms with Gasteiger partial charge in [-0.2, -0.15) is 0 Å². The molecule has 0 spiro atoms. The van der Waals surface area contributed by atoms with E-state index in [2.05, 4.69) is 12.1 Å². The number of hydrogen-bond acceptors (Lipinski definition) is 2. The maximum Gasteiger partial charge on any atom is 0.326 e. The highest BCUT2D eigenvalue weighted by atomic mass is 32.1. The third-order valence-electron chi connectivity index (χ3n) is 3.33. The number of nitrogens with zero attached hydrogens (tertiary/aromatic N) is 1. The van der Waals surface area contributed by atoms with E-state index in [4.69, 9.17) is 17.3 Å². The molecule has 1 aliphatic rings. The summed E-state index contributed by atoms with van der Waals surface area (Å²) in [5, 5.41) is 9.12. The van der Waals surface area contributed by atoms with Crippen molar-refractivity contribution in [2.75, 3.05) is 6.54 Å². The number of benzene rings is 1. The molecule has 1 heterocycles. The van der Waals surface area contributed by atoms with Crippen molar-refractivity contribution in [2.45, 2.75) is 31.7 Å². The van der Waals surface area contributed by atoms with Crippen molar-refractivity contribution in [3.63, 3.8) is 0 Å². The van der Waals surface area contributed by atoms with Crippen molar-refractivity contribution in [3.8, 4) is 0 Å². The summed E-state index contributed by atoms with van der Waals surface area (Å²) in [6, 6.07) is 9.74. The van der Waals surface area contributed by atoms with E-state index < -0.39 is 12.0 Å². The first-order valence-corrected chi connectivity index (χ1v) is 6.65. The van der Waals surface area contributed by atoms with Crippen molar-refractivity contribution < 1.29 is 9.90 Å². The van der Waals surface area contributed by atoms with Gasteiger partial charge >= 0.3 is 5.97 Å². The Bertz CT molecular complexity index is 433. The molecule has 1 aromatic rings. The van der Waals surface area contributed by atoms with Gasteiger partial charge in [0.15, 0.2) is 0 Å². The summed E-state index contributed by atoms with van der Waals surface area (Å²) in [7, 11) is 0. The fourth-order valence-electron chi connectivity index (χ4n) is 2.36. The number of hydrogen-bond donors (Lipinski definition) is 1. The van der Waals surface area contributed by atoms with Gasteiger partial charge < -0.3 is 10.0 Å². The van der Waals surface area contributed by atoms with E-state index in [1.807, 2.05) is 23.1 Å². The third-order valence-corrected chi connectivity index (χ3v) is 3.77. The van der Waals surface area contributed by atoms with Gasteiger partial charge in [0.2, 0.25) is 0 Å². The molecule has 4 heteroatoms. The van der Waals surface area contributed by atoms with Crippen molar-refractivity contribution in [1.29, 1.82) is 0 Å². The lowest BCUT2D eigenvalue weighted by molar-refractivity contribution is -0.140. The minimum absolute atomic E-state index is 0.409. The maximum absolute atomic E-state index is 11.1. The molecule has 1 saturated heterocycles. The smallest absolute Gasteiger partial charge is 0.326 e. The second-order valence-electron chi connectivity index (χ2n) is 4.57. The summed E-state index contributed by atoms with van der Waals surface area (Å²) in [6.07, 6.45) is 3.26. The first-order valence-electron chi connectivity index (χ1n) is 6.24. The van der Waals surface area contributed by atoms with Gasteiger partial charge in [-0.1, -0.05) is 42.5 Å². The normalized spacial score (nSPS) is 18.9. The highest BCUT2D eigenvalue weighted by Crippen LogP contribution is 2.20. The van der Waals surface area contributed by atoms with Crippen molar-refractivity contribution >= 4 is 23.2 Å². The van der Waals surface area contributed by atoms with Gasteiger partial charge in [-0.3, -0.25) is 0 Å². The molecular formula is C14H17NO2S. The van der Waals surface area contributed by atoms with Crippen LogP contribution in [0.2, 0.25) is 0 Å². The molecule has 18 heavy (non-hydrogen) atoms. The summed E-state index contributed by atoms with van der Waals surface area (Å²) >= 11 is 5.37. The molecule has 1 atom stereocenters. The Morgan fingerprint density at radius 3 is 2.78 bits per heavy atom. The highest BCUT2D eigenvalue weighted by Gasteiger charge is 2.31. The molecule has 96 valence electrons. The lowest BCUT2D eigenvalue weighted by atomic mass is 10.1. The Hall–Kier alpha value is -1.42. The van der Waals surface area contributed by atoms with E-state index in [1.54, 1.807) is 0 Å². The fourth-order valence-corrected chi connectivity index (χ4v) is 2.68. The SMILES string of the molecule is O=C(O)[C@@H]1CCCN1C(=S)CCc1ccccc1. The van der Waals surface area contributed by atoms with E-state index in [1.165, 1.54) is 5.56 Å². The summed E-state index contributed by atoms with van der Waals surface area (Å²) in [6.45, 7) is 0.782. The van der Waals surface area contributed by atoms with Crippen molar-refractivity contribution in [3.05, 3.63) is 35.9 Å². The van der Waals surface area contributed by atoms with Crippen LogP contribution in [0.4, 0.5) is 0 Å². The average Bonchev–Trinajstić information content (AvgIpc) is 2.86. The fraction of sp³-hybridized carbons (Fsp3) is 0.429. The minimum Gasteiger partial charge on any atom is -0.480 e. The molecule has 1 fully saturated rings. The van der Waals surface area contributed by atoms with Crippen LogP contribution in [0.5, 0.6) is 0 Å². The molecule has 3 nitrogen and oxygen atoms in total. The monoisotopic (exact) mass is 263 g/mol. The number of rotatable bonds is 4. The van der Waals surface area contributed by atoms with Gasteiger partial charge in [0.05, 0.1) is 4.99 Å². The highest BCUT2D eigenvalue weighted by molar-refractivity contribution is 7.80. The standard InChI is InChI=1S/C14H17NO2S/c16-14(17)12-7-4-10-15(12)13(18)9-8-11-5-2-1-3-6-11/h1-3,5-6,12H,4,7-10H2,(H,16,17)/t12-/m0/s1. The van der Waals surface area contributed by atoms with Crippen LogP contribution in [0.1, 0.15) is 24.8 Å². The lowest BCUT2D eigenvalue weighted by Crippen LogP contribution is -2.39. The Morgan fingerprint density at radius 2 is 2.11 bits per heavy atom. The summed E-state index contributed by atoms with van der Waals surface area (Å²) in [5.74, 6) is -0.755. The quantitative estimate of drug-likeness (QED) is 0.847. The van der Waals surface area contributed by atoms with Crippen LogP contribution in [0, 0.1) is 0 Å². The maximum atomic E-state index is 11.1. The second-order valence-corrected chi connectivity index (χ2v) is 5.04. The zero-order valence-corrected chi connectivity index (χ0v) is 11.0. The van der Waals surface area contributed by atoms with E-state index in [-0.39, 0.29) is 0 Å². The minimum atomic E-state index is -0.755. The molecule has 2 rings (SSSR count). The largest absolute Gasteiger partial charge is 0.480 e.